The first kappa shape index (κ1) is 20.4. The van der Waals surface area contributed by atoms with Crippen molar-refractivity contribution in [3.05, 3.63) is 12.2 Å². The highest BCUT2D eigenvalue weighted by Crippen LogP contribution is 2.56. The van der Waals surface area contributed by atoms with Crippen LogP contribution in [0.5, 0.6) is 0 Å². The summed E-state index contributed by atoms with van der Waals surface area (Å²) in [4.78, 5) is 27.2. The molecule has 1 aliphatic carbocycles. The molecule has 0 unspecified atom stereocenters. The van der Waals surface area contributed by atoms with Gasteiger partial charge in [0, 0.05) is 33.7 Å². The van der Waals surface area contributed by atoms with Crippen LogP contribution < -0.4 is 5.32 Å². The molecule has 0 aliphatic heterocycles. The Bertz CT molecular complexity index is 655. The quantitative estimate of drug-likeness (QED) is 0.781. The highest BCUT2D eigenvalue weighted by atomic mass is 16.5. The fraction of sp³-hybridized carbons (Fsp3) is 0.778. The third-order valence-corrected chi connectivity index (χ3v) is 6.11. The average molecular weight is 365 g/mol. The summed E-state index contributed by atoms with van der Waals surface area (Å²) in [6.07, 6.45) is 3.04. The molecule has 146 valence electrons. The number of hydrogen-bond donors (Lipinski definition) is 1. The second-order valence-electron chi connectivity index (χ2n) is 7.99. The number of ether oxygens (including phenoxy) is 1. The zero-order valence-corrected chi connectivity index (χ0v) is 16.7. The Labute approximate surface area is 155 Å². The molecule has 0 saturated heterocycles. The fourth-order valence-electron chi connectivity index (χ4n) is 3.80. The van der Waals surface area contributed by atoms with Crippen molar-refractivity contribution in [2.75, 3.05) is 27.8 Å². The van der Waals surface area contributed by atoms with Crippen LogP contribution in [0.1, 0.15) is 39.4 Å². The van der Waals surface area contributed by atoms with Gasteiger partial charge in [-0.25, -0.2) is 0 Å². The molecule has 1 fully saturated rings. The number of amides is 2. The van der Waals surface area contributed by atoms with E-state index in [-0.39, 0.29) is 17.7 Å². The molecule has 0 spiro atoms. The molecule has 1 heterocycles. The second kappa shape index (κ2) is 7.73. The number of rotatable bonds is 7. The highest BCUT2D eigenvalue weighted by molar-refractivity contribution is 5.87. The fourth-order valence-corrected chi connectivity index (χ4v) is 3.80. The monoisotopic (exact) mass is 365 g/mol. The SMILES string of the molecule is COCCn1cnnc1CNC(=O)[C@@]1(C)CC[C@@H](C(=O)N(C)C)C1(C)C. The summed E-state index contributed by atoms with van der Waals surface area (Å²) in [6.45, 7) is 7.50. The van der Waals surface area contributed by atoms with Crippen LogP contribution in [0.3, 0.4) is 0 Å². The molecule has 2 atom stereocenters. The van der Waals surface area contributed by atoms with Gasteiger partial charge in [0.2, 0.25) is 11.8 Å². The zero-order chi connectivity index (χ0) is 19.5. The van der Waals surface area contributed by atoms with E-state index in [1.54, 1.807) is 32.4 Å². The Hall–Kier alpha value is -1.96. The minimum Gasteiger partial charge on any atom is -0.383 e. The lowest BCUT2D eigenvalue weighted by Gasteiger charge is -2.40. The lowest BCUT2D eigenvalue weighted by atomic mass is 9.65. The maximum atomic E-state index is 13.0. The minimum atomic E-state index is -0.610. The molecular formula is C18H31N5O3. The molecular weight excluding hydrogens is 334 g/mol. The van der Waals surface area contributed by atoms with Crippen LogP contribution in [0.15, 0.2) is 6.33 Å². The third-order valence-electron chi connectivity index (χ3n) is 6.11. The van der Waals surface area contributed by atoms with E-state index in [1.807, 2.05) is 25.3 Å². The lowest BCUT2D eigenvalue weighted by molar-refractivity contribution is -0.142. The van der Waals surface area contributed by atoms with Gasteiger partial charge in [0.1, 0.15) is 6.33 Å². The number of aromatic nitrogens is 3. The van der Waals surface area contributed by atoms with Gasteiger partial charge in [0.15, 0.2) is 5.82 Å². The number of carbonyl (C=O) groups excluding carboxylic acids is 2. The Kier molecular flexibility index (Phi) is 6.05. The average Bonchev–Trinajstić information content (AvgIpc) is 3.13. The van der Waals surface area contributed by atoms with Crippen molar-refractivity contribution in [2.45, 2.75) is 46.7 Å². The van der Waals surface area contributed by atoms with Crippen molar-refractivity contribution < 1.29 is 14.3 Å². The second-order valence-corrected chi connectivity index (χ2v) is 7.99. The maximum Gasteiger partial charge on any atom is 0.226 e. The summed E-state index contributed by atoms with van der Waals surface area (Å²) in [7, 11) is 5.17. The van der Waals surface area contributed by atoms with Gasteiger partial charge in [-0.1, -0.05) is 20.8 Å². The number of hydrogen-bond acceptors (Lipinski definition) is 5. The van der Waals surface area contributed by atoms with Crippen LogP contribution >= 0.6 is 0 Å². The molecule has 0 radical (unpaired) electrons. The summed E-state index contributed by atoms with van der Waals surface area (Å²) in [5.41, 5.74) is -1.04. The van der Waals surface area contributed by atoms with Crippen LogP contribution in [-0.2, 0) is 27.4 Å². The molecule has 2 rings (SSSR count). The summed E-state index contributed by atoms with van der Waals surface area (Å²) in [5.74, 6) is 0.581. The van der Waals surface area contributed by atoms with Gasteiger partial charge in [-0.05, 0) is 18.3 Å². The van der Waals surface area contributed by atoms with Gasteiger partial charge in [0.05, 0.1) is 18.6 Å². The molecule has 1 aliphatic rings. The zero-order valence-electron chi connectivity index (χ0n) is 16.7. The van der Waals surface area contributed by atoms with Crippen molar-refractivity contribution in [2.24, 2.45) is 16.7 Å². The Morgan fingerprint density at radius 1 is 1.38 bits per heavy atom. The molecule has 8 heteroatoms. The number of nitrogens with one attached hydrogen (secondary N) is 1. The summed E-state index contributed by atoms with van der Waals surface area (Å²) < 4.78 is 6.94. The highest BCUT2D eigenvalue weighted by Gasteiger charge is 2.58. The van der Waals surface area contributed by atoms with Crippen molar-refractivity contribution in [3.63, 3.8) is 0 Å². The summed E-state index contributed by atoms with van der Waals surface area (Å²) >= 11 is 0. The van der Waals surface area contributed by atoms with Gasteiger partial charge in [-0.15, -0.1) is 10.2 Å². The first-order chi connectivity index (χ1) is 12.1. The largest absolute Gasteiger partial charge is 0.383 e. The smallest absolute Gasteiger partial charge is 0.226 e. The van der Waals surface area contributed by atoms with Gasteiger partial charge in [-0.3, -0.25) is 9.59 Å². The molecule has 1 aromatic rings. The predicted molar refractivity (Wildman–Crippen MR) is 97.1 cm³/mol. The number of methoxy groups -OCH3 is 1. The Morgan fingerprint density at radius 3 is 2.69 bits per heavy atom. The Balaban J connectivity index is 2.07. The van der Waals surface area contributed by atoms with E-state index < -0.39 is 10.8 Å². The van der Waals surface area contributed by atoms with Crippen molar-refractivity contribution in [1.82, 2.24) is 25.0 Å². The van der Waals surface area contributed by atoms with Crippen molar-refractivity contribution in [3.8, 4) is 0 Å². The van der Waals surface area contributed by atoms with E-state index in [0.29, 0.717) is 31.9 Å². The predicted octanol–water partition coefficient (Wildman–Crippen LogP) is 1.07. The van der Waals surface area contributed by atoms with Gasteiger partial charge >= 0.3 is 0 Å². The molecule has 0 bridgehead atoms. The van der Waals surface area contributed by atoms with Gasteiger partial charge in [0.25, 0.3) is 0 Å². The maximum absolute atomic E-state index is 13.0. The van der Waals surface area contributed by atoms with Crippen LogP contribution in [0, 0.1) is 16.7 Å². The van der Waals surface area contributed by atoms with Crippen LogP contribution in [0.4, 0.5) is 0 Å². The summed E-state index contributed by atoms with van der Waals surface area (Å²) in [5, 5.41) is 11.0. The van der Waals surface area contributed by atoms with Crippen LogP contribution in [-0.4, -0.2) is 59.3 Å². The van der Waals surface area contributed by atoms with E-state index in [0.717, 1.165) is 6.42 Å². The van der Waals surface area contributed by atoms with Crippen molar-refractivity contribution in [1.29, 1.82) is 0 Å². The number of nitrogens with zero attached hydrogens (tertiary/aromatic N) is 4. The van der Waals surface area contributed by atoms with Gasteiger partial charge < -0.3 is 19.5 Å². The molecule has 26 heavy (non-hydrogen) atoms. The molecule has 0 aromatic carbocycles. The molecule has 1 aromatic heterocycles. The molecule has 1 saturated carbocycles. The lowest BCUT2D eigenvalue weighted by Crippen LogP contribution is -2.49. The van der Waals surface area contributed by atoms with E-state index in [4.69, 9.17) is 4.74 Å². The van der Waals surface area contributed by atoms with E-state index in [9.17, 15) is 9.59 Å². The van der Waals surface area contributed by atoms with E-state index in [2.05, 4.69) is 15.5 Å². The molecule has 2 amide bonds. The molecule has 1 N–H and O–H groups in total. The number of carbonyl (C=O) groups is 2. The third kappa shape index (κ3) is 3.60. The van der Waals surface area contributed by atoms with E-state index >= 15 is 0 Å². The summed E-state index contributed by atoms with van der Waals surface area (Å²) in [6, 6.07) is 0. The van der Waals surface area contributed by atoms with Crippen LogP contribution in [0.2, 0.25) is 0 Å². The van der Waals surface area contributed by atoms with Crippen LogP contribution in [0.25, 0.3) is 0 Å². The first-order valence-corrected chi connectivity index (χ1v) is 9.00. The minimum absolute atomic E-state index is 0.0437. The Morgan fingerprint density at radius 2 is 2.08 bits per heavy atom. The normalized spacial score (nSPS) is 24.5. The van der Waals surface area contributed by atoms with Gasteiger partial charge in [-0.2, -0.15) is 0 Å². The van der Waals surface area contributed by atoms with Crippen molar-refractivity contribution >= 4 is 11.8 Å². The standard InChI is InChI=1S/C18H31N5O3/c1-17(2)13(15(24)22(4)5)7-8-18(17,3)16(25)19-11-14-21-20-12-23(14)9-10-26-6/h12-13H,7-11H2,1-6H3,(H,19,25)/t13-,18+/m0/s1. The van der Waals surface area contributed by atoms with E-state index in [1.165, 1.54) is 0 Å². The molecule has 8 nitrogen and oxygen atoms in total. The first-order valence-electron chi connectivity index (χ1n) is 9.00. The topological polar surface area (TPSA) is 89.3 Å².